The lowest BCUT2D eigenvalue weighted by Gasteiger charge is -2.40. The van der Waals surface area contributed by atoms with Gasteiger partial charge in [0.15, 0.2) is 5.78 Å². The van der Waals surface area contributed by atoms with Gasteiger partial charge < -0.3 is 0 Å². The van der Waals surface area contributed by atoms with Crippen LogP contribution < -0.4 is 0 Å². The SMILES string of the molecule is O=C1CCCC2=C1CC[C@@H]1CCCC[C@@H]21. The summed E-state index contributed by atoms with van der Waals surface area (Å²) in [5.74, 6) is 2.23. The molecular formula is C14H20O. The van der Waals surface area contributed by atoms with Gasteiger partial charge in [0.25, 0.3) is 0 Å². The lowest BCUT2D eigenvalue weighted by atomic mass is 9.65. The molecule has 0 radical (unpaired) electrons. The summed E-state index contributed by atoms with van der Waals surface area (Å²) in [4.78, 5) is 11.8. The van der Waals surface area contributed by atoms with E-state index in [1.165, 1.54) is 44.1 Å². The van der Waals surface area contributed by atoms with Crippen LogP contribution in [0, 0.1) is 11.8 Å². The number of rotatable bonds is 0. The van der Waals surface area contributed by atoms with E-state index in [2.05, 4.69) is 0 Å². The highest BCUT2D eigenvalue weighted by Gasteiger charge is 2.36. The number of hydrogen-bond acceptors (Lipinski definition) is 1. The molecule has 1 saturated carbocycles. The summed E-state index contributed by atoms with van der Waals surface area (Å²) >= 11 is 0. The van der Waals surface area contributed by atoms with Crippen molar-refractivity contribution in [3.63, 3.8) is 0 Å². The van der Waals surface area contributed by atoms with Gasteiger partial charge in [0, 0.05) is 6.42 Å². The van der Waals surface area contributed by atoms with Crippen molar-refractivity contribution in [1.82, 2.24) is 0 Å². The third kappa shape index (κ3) is 1.56. The number of fused-ring (bicyclic) bond motifs is 2. The molecular weight excluding hydrogens is 184 g/mol. The van der Waals surface area contributed by atoms with Crippen molar-refractivity contribution in [2.75, 3.05) is 0 Å². The minimum absolute atomic E-state index is 0.486. The average Bonchev–Trinajstić information content (AvgIpc) is 2.29. The maximum Gasteiger partial charge on any atom is 0.158 e. The Morgan fingerprint density at radius 3 is 2.67 bits per heavy atom. The number of hydrogen-bond donors (Lipinski definition) is 0. The Morgan fingerprint density at radius 2 is 1.73 bits per heavy atom. The van der Waals surface area contributed by atoms with Crippen LogP contribution in [0.4, 0.5) is 0 Å². The van der Waals surface area contributed by atoms with Gasteiger partial charge in [0.2, 0.25) is 0 Å². The fraction of sp³-hybridized carbons (Fsp3) is 0.786. The van der Waals surface area contributed by atoms with Crippen molar-refractivity contribution in [3.05, 3.63) is 11.1 Å². The lowest BCUT2D eigenvalue weighted by Crippen LogP contribution is -2.30. The molecule has 82 valence electrons. The van der Waals surface area contributed by atoms with Gasteiger partial charge in [-0.2, -0.15) is 0 Å². The van der Waals surface area contributed by atoms with Crippen LogP contribution >= 0.6 is 0 Å². The molecule has 3 rings (SSSR count). The zero-order valence-corrected chi connectivity index (χ0v) is 9.43. The van der Waals surface area contributed by atoms with E-state index < -0.39 is 0 Å². The summed E-state index contributed by atoms with van der Waals surface area (Å²) in [5.41, 5.74) is 2.87. The summed E-state index contributed by atoms with van der Waals surface area (Å²) in [5, 5.41) is 0. The van der Waals surface area contributed by atoms with Crippen molar-refractivity contribution < 1.29 is 4.79 Å². The summed E-state index contributed by atoms with van der Waals surface area (Å²) in [6.45, 7) is 0. The highest BCUT2D eigenvalue weighted by Crippen LogP contribution is 2.46. The predicted molar refractivity (Wildman–Crippen MR) is 60.6 cm³/mol. The number of Topliss-reactive ketones (excluding diaryl/α,β-unsaturated/α-hetero) is 1. The van der Waals surface area contributed by atoms with Gasteiger partial charge in [-0.05, 0) is 55.9 Å². The second-order valence-corrected chi connectivity index (χ2v) is 5.47. The number of carbonyl (C=O) groups is 1. The average molecular weight is 204 g/mol. The maximum atomic E-state index is 11.8. The number of ketones is 1. The van der Waals surface area contributed by atoms with E-state index >= 15 is 0 Å². The molecule has 1 nitrogen and oxygen atoms in total. The van der Waals surface area contributed by atoms with Crippen molar-refractivity contribution in [2.45, 2.75) is 57.8 Å². The van der Waals surface area contributed by atoms with Crippen molar-refractivity contribution in [3.8, 4) is 0 Å². The quantitative estimate of drug-likeness (QED) is 0.589. The lowest BCUT2D eigenvalue weighted by molar-refractivity contribution is -0.116. The van der Waals surface area contributed by atoms with Gasteiger partial charge >= 0.3 is 0 Å². The summed E-state index contributed by atoms with van der Waals surface area (Å²) in [7, 11) is 0. The molecule has 0 N–H and O–H groups in total. The minimum atomic E-state index is 0.486. The Bertz CT molecular complexity index is 313. The van der Waals surface area contributed by atoms with E-state index in [9.17, 15) is 4.79 Å². The van der Waals surface area contributed by atoms with Gasteiger partial charge in [-0.3, -0.25) is 4.79 Å². The molecule has 0 amide bonds. The molecule has 0 saturated heterocycles. The Labute approximate surface area is 91.9 Å². The van der Waals surface area contributed by atoms with Crippen LogP contribution in [0.15, 0.2) is 11.1 Å². The van der Waals surface area contributed by atoms with Gasteiger partial charge in [-0.25, -0.2) is 0 Å². The fourth-order valence-corrected chi connectivity index (χ4v) is 3.97. The summed E-state index contributed by atoms with van der Waals surface area (Å²) < 4.78 is 0. The third-order valence-electron chi connectivity index (χ3n) is 4.70. The van der Waals surface area contributed by atoms with E-state index in [0.717, 1.165) is 31.1 Å². The Hall–Kier alpha value is -0.590. The molecule has 15 heavy (non-hydrogen) atoms. The monoisotopic (exact) mass is 204 g/mol. The van der Waals surface area contributed by atoms with E-state index in [4.69, 9.17) is 0 Å². The first-order valence-electron chi connectivity index (χ1n) is 6.61. The molecule has 1 fully saturated rings. The van der Waals surface area contributed by atoms with Crippen LogP contribution in [-0.4, -0.2) is 5.78 Å². The Morgan fingerprint density at radius 1 is 0.867 bits per heavy atom. The number of carbonyl (C=O) groups excluding carboxylic acids is 1. The van der Waals surface area contributed by atoms with E-state index in [0.29, 0.717) is 5.78 Å². The molecule has 0 heterocycles. The smallest absolute Gasteiger partial charge is 0.158 e. The maximum absolute atomic E-state index is 11.8. The topological polar surface area (TPSA) is 17.1 Å². The van der Waals surface area contributed by atoms with Crippen molar-refractivity contribution in [2.24, 2.45) is 11.8 Å². The molecule has 0 aromatic carbocycles. The van der Waals surface area contributed by atoms with Crippen LogP contribution in [0.3, 0.4) is 0 Å². The zero-order chi connectivity index (χ0) is 10.3. The van der Waals surface area contributed by atoms with Gasteiger partial charge in [-0.1, -0.05) is 18.4 Å². The standard InChI is InChI=1S/C14H20O/c15-14-7-3-6-12-11-5-2-1-4-10(11)8-9-13(12)14/h10-11H,1-9H2/t10-,11+/m0/s1. The molecule has 0 aromatic rings. The molecule has 0 aromatic heterocycles. The first-order chi connectivity index (χ1) is 7.36. The van der Waals surface area contributed by atoms with E-state index in [1.54, 1.807) is 5.57 Å². The molecule has 1 heteroatoms. The summed E-state index contributed by atoms with van der Waals surface area (Å²) in [6.07, 6.45) is 11.2. The second kappa shape index (κ2) is 3.77. The molecule has 3 aliphatic carbocycles. The molecule has 0 unspecified atom stereocenters. The first-order valence-corrected chi connectivity index (χ1v) is 6.61. The molecule has 0 aliphatic heterocycles. The normalized spacial score (nSPS) is 36.1. The molecule has 0 bridgehead atoms. The van der Waals surface area contributed by atoms with Crippen LogP contribution in [0.1, 0.15) is 57.8 Å². The highest BCUT2D eigenvalue weighted by atomic mass is 16.1. The Balaban J connectivity index is 1.93. The molecule has 3 aliphatic rings. The van der Waals surface area contributed by atoms with Crippen molar-refractivity contribution >= 4 is 5.78 Å². The van der Waals surface area contributed by atoms with Crippen LogP contribution in [0.2, 0.25) is 0 Å². The predicted octanol–water partition coefficient (Wildman–Crippen LogP) is 3.64. The van der Waals surface area contributed by atoms with Gasteiger partial charge in [0.05, 0.1) is 0 Å². The minimum Gasteiger partial charge on any atom is -0.295 e. The third-order valence-corrected chi connectivity index (χ3v) is 4.70. The van der Waals surface area contributed by atoms with Gasteiger partial charge in [0.1, 0.15) is 0 Å². The molecule has 0 spiro atoms. The van der Waals surface area contributed by atoms with Crippen LogP contribution in [0.25, 0.3) is 0 Å². The molecule has 2 atom stereocenters. The van der Waals surface area contributed by atoms with Crippen molar-refractivity contribution in [1.29, 1.82) is 0 Å². The second-order valence-electron chi connectivity index (χ2n) is 5.47. The van der Waals surface area contributed by atoms with E-state index in [-0.39, 0.29) is 0 Å². The fourth-order valence-electron chi connectivity index (χ4n) is 3.97. The highest BCUT2D eigenvalue weighted by molar-refractivity contribution is 5.97. The summed E-state index contributed by atoms with van der Waals surface area (Å²) in [6, 6.07) is 0. The first kappa shape index (κ1) is 9.62. The van der Waals surface area contributed by atoms with E-state index in [1.807, 2.05) is 0 Å². The van der Waals surface area contributed by atoms with Crippen LogP contribution in [-0.2, 0) is 4.79 Å². The van der Waals surface area contributed by atoms with Gasteiger partial charge in [-0.15, -0.1) is 0 Å². The zero-order valence-electron chi connectivity index (χ0n) is 9.43. The number of allylic oxidation sites excluding steroid dienone is 2. The Kier molecular flexibility index (Phi) is 2.42. The largest absolute Gasteiger partial charge is 0.295 e. The van der Waals surface area contributed by atoms with Crippen LogP contribution in [0.5, 0.6) is 0 Å².